The van der Waals surface area contributed by atoms with Gasteiger partial charge in [-0.1, -0.05) is 0 Å². The predicted octanol–water partition coefficient (Wildman–Crippen LogP) is -2.65. The fourth-order valence-corrected chi connectivity index (χ4v) is 2.42. The van der Waals surface area contributed by atoms with Gasteiger partial charge < -0.3 is 26.6 Å². The highest BCUT2D eigenvalue weighted by molar-refractivity contribution is 6.01. The topological polar surface area (TPSA) is 142 Å². The smallest absolute Gasteiger partial charge is 0.242 e. The van der Waals surface area contributed by atoms with Crippen LogP contribution in [0.25, 0.3) is 0 Å². The molecule has 0 fully saturated rings. The van der Waals surface area contributed by atoms with Crippen LogP contribution in [0.5, 0.6) is 0 Å². The molecule has 10 heteroatoms. The first-order valence-electron chi connectivity index (χ1n) is 7.30. The summed E-state index contributed by atoms with van der Waals surface area (Å²) < 4.78 is 0. The van der Waals surface area contributed by atoms with Gasteiger partial charge in [0, 0.05) is 13.1 Å². The number of rotatable bonds is 7. The van der Waals surface area contributed by atoms with Crippen molar-refractivity contribution in [1.29, 1.82) is 0 Å². The lowest BCUT2D eigenvalue weighted by Gasteiger charge is -2.29. The molecule has 2 rings (SSSR count). The molecule has 0 aromatic carbocycles. The Morgan fingerprint density at radius 2 is 2.17 bits per heavy atom. The molecule has 2 aliphatic rings. The normalized spacial score (nSPS) is 22.4. The van der Waals surface area contributed by atoms with Crippen LogP contribution in [0, 0.1) is 0 Å². The highest BCUT2D eigenvalue weighted by Gasteiger charge is 2.37. The summed E-state index contributed by atoms with van der Waals surface area (Å²) in [6, 6.07) is -0.423. The van der Waals surface area contributed by atoms with Crippen molar-refractivity contribution >= 4 is 29.8 Å². The molecule has 2 heterocycles. The number of guanidine groups is 1. The minimum atomic E-state index is -0.458. The first-order chi connectivity index (χ1) is 10.9. The molecular formula is C13H22N8O2. The molecule has 0 bridgehead atoms. The Morgan fingerprint density at radius 3 is 2.83 bits per heavy atom. The highest BCUT2D eigenvalue weighted by atomic mass is 16.2. The number of fused-ring (bicyclic) bond motifs is 1. The number of likely N-dealkylation sites (N-methyl/N-ethyl adjacent to an activating group) is 1. The minimum absolute atomic E-state index is 0.0473. The van der Waals surface area contributed by atoms with E-state index >= 15 is 0 Å². The van der Waals surface area contributed by atoms with Crippen LogP contribution in [0.15, 0.2) is 15.0 Å². The number of carbonyl (C=O) groups is 2. The Balaban J connectivity index is 2.03. The lowest BCUT2D eigenvalue weighted by atomic mass is 10.2. The Bertz CT molecular complexity index is 570. The summed E-state index contributed by atoms with van der Waals surface area (Å²) in [5, 5.41) is 2.96. The third kappa shape index (κ3) is 4.03. The van der Waals surface area contributed by atoms with Crippen LogP contribution in [0.1, 0.15) is 6.92 Å². The van der Waals surface area contributed by atoms with Crippen LogP contribution in [0.2, 0.25) is 0 Å². The van der Waals surface area contributed by atoms with E-state index in [-0.39, 0.29) is 36.6 Å². The number of Topliss-reactive ketones (excluding diaryl/α,β-unsaturated/α-hetero) is 1. The van der Waals surface area contributed by atoms with E-state index in [1.165, 1.54) is 18.2 Å². The van der Waals surface area contributed by atoms with Crippen LogP contribution in [-0.2, 0) is 9.59 Å². The van der Waals surface area contributed by atoms with Gasteiger partial charge in [0.15, 0.2) is 6.17 Å². The summed E-state index contributed by atoms with van der Waals surface area (Å²) in [6.45, 7) is 2.63. The molecule has 0 aromatic rings. The van der Waals surface area contributed by atoms with Crippen LogP contribution < -0.4 is 16.8 Å². The van der Waals surface area contributed by atoms with Gasteiger partial charge in [0.2, 0.25) is 11.9 Å². The van der Waals surface area contributed by atoms with Gasteiger partial charge in [0.25, 0.3) is 0 Å². The van der Waals surface area contributed by atoms with Crippen molar-refractivity contribution < 1.29 is 9.59 Å². The van der Waals surface area contributed by atoms with E-state index in [4.69, 9.17) is 11.5 Å². The number of amides is 1. The predicted molar refractivity (Wildman–Crippen MR) is 87.2 cm³/mol. The van der Waals surface area contributed by atoms with Crippen molar-refractivity contribution in [3.05, 3.63) is 0 Å². The average molecular weight is 322 g/mol. The van der Waals surface area contributed by atoms with Crippen LogP contribution in [0.3, 0.4) is 0 Å². The van der Waals surface area contributed by atoms with Gasteiger partial charge in [0.1, 0.15) is 24.2 Å². The van der Waals surface area contributed by atoms with E-state index in [0.717, 1.165) is 0 Å². The number of carbonyl (C=O) groups excluding carboxylic acids is 2. The van der Waals surface area contributed by atoms with Gasteiger partial charge >= 0.3 is 0 Å². The maximum absolute atomic E-state index is 12.5. The Morgan fingerprint density at radius 1 is 1.43 bits per heavy atom. The second kappa shape index (κ2) is 7.18. The molecule has 10 nitrogen and oxygen atoms in total. The molecule has 0 aromatic heterocycles. The van der Waals surface area contributed by atoms with Crippen LogP contribution in [-0.4, -0.2) is 85.1 Å². The molecule has 0 aliphatic carbocycles. The zero-order valence-electron chi connectivity index (χ0n) is 13.3. The number of hydrogen-bond donors (Lipinski definition) is 3. The van der Waals surface area contributed by atoms with Gasteiger partial charge in [-0.15, -0.1) is 0 Å². The summed E-state index contributed by atoms with van der Waals surface area (Å²) in [6.07, 6.45) is 1.07. The molecule has 1 amide bonds. The molecule has 126 valence electrons. The van der Waals surface area contributed by atoms with Gasteiger partial charge in [-0.05, 0) is 14.0 Å². The SMILES string of the molecule is CNCCN(CC(C)=O)C(=O)CN1C=NC2C(N)=NC(N)=NC21. The molecule has 0 saturated carbocycles. The highest BCUT2D eigenvalue weighted by Crippen LogP contribution is 2.18. The fourth-order valence-electron chi connectivity index (χ4n) is 2.42. The number of nitrogens with one attached hydrogen (secondary N) is 1. The van der Waals surface area contributed by atoms with Gasteiger partial charge in [0.05, 0.1) is 12.9 Å². The van der Waals surface area contributed by atoms with Crippen molar-refractivity contribution in [3.63, 3.8) is 0 Å². The first kappa shape index (κ1) is 16.9. The van der Waals surface area contributed by atoms with Gasteiger partial charge in [-0.2, -0.15) is 4.99 Å². The zero-order chi connectivity index (χ0) is 17.0. The average Bonchev–Trinajstić information content (AvgIpc) is 2.86. The lowest BCUT2D eigenvalue weighted by Crippen LogP contribution is -2.50. The van der Waals surface area contributed by atoms with Crippen molar-refractivity contribution in [2.45, 2.75) is 19.1 Å². The summed E-state index contributed by atoms with van der Waals surface area (Å²) in [7, 11) is 1.79. The summed E-state index contributed by atoms with van der Waals surface area (Å²) in [4.78, 5) is 39.3. The minimum Gasteiger partial charge on any atom is -0.385 e. The third-order valence-electron chi connectivity index (χ3n) is 3.52. The lowest BCUT2D eigenvalue weighted by molar-refractivity contribution is -0.135. The van der Waals surface area contributed by atoms with E-state index in [0.29, 0.717) is 13.1 Å². The van der Waals surface area contributed by atoms with E-state index in [2.05, 4.69) is 20.3 Å². The number of aliphatic imine (C=N–C) groups is 3. The Labute approximate surface area is 134 Å². The van der Waals surface area contributed by atoms with E-state index < -0.39 is 12.2 Å². The van der Waals surface area contributed by atoms with Crippen molar-refractivity contribution in [3.8, 4) is 0 Å². The standard InChI is InChI=1S/C13H22N8O2/c1-8(22)5-20(4-3-16-2)9(23)6-21-7-17-10-11(14)18-13(15)19-12(10)21/h7,10,12,16H,3-6H2,1-2H3,(H4,14,15,18,19). The number of hydrogen-bond acceptors (Lipinski definition) is 9. The number of nitrogens with zero attached hydrogens (tertiary/aromatic N) is 5. The molecule has 2 atom stereocenters. The summed E-state index contributed by atoms with van der Waals surface area (Å²) >= 11 is 0. The molecule has 0 saturated heterocycles. The van der Waals surface area contributed by atoms with Crippen molar-refractivity contribution in [1.82, 2.24) is 15.1 Å². The maximum atomic E-state index is 12.5. The molecule has 2 aliphatic heterocycles. The molecule has 5 N–H and O–H groups in total. The summed E-state index contributed by atoms with van der Waals surface area (Å²) in [5.74, 6) is 0.100. The maximum Gasteiger partial charge on any atom is 0.242 e. The van der Waals surface area contributed by atoms with Gasteiger partial charge in [-0.25, -0.2) is 4.99 Å². The van der Waals surface area contributed by atoms with Crippen LogP contribution >= 0.6 is 0 Å². The number of amidine groups is 1. The Hall–Kier alpha value is -2.49. The van der Waals surface area contributed by atoms with Crippen LogP contribution in [0.4, 0.5) is 0 Å². The molecule has 2 unspecified atom stereocenters. The molecule has 0 spiro atoms. The first-order valence-corrected chi connectivity index (χ1v) is 7.30. The molecular weight excluding hydrogens is 300 g/mol. The third-order valence-corrected chi connectivity index (χ3v) is 3.52. The monoisotopic (exact) mass is 322 g/mol. The van der Waals surface area contributed by atoms with Crippen molar-refractivity contribution in [2.24, 2.45) is 26.4 Å². The fraction of sp³-hybridized carbons (Fsp3) is 0.615. The number of ketones is 1. The quantitative estimate of drug-likeness (QED) is 0.467. The number of nitrogens with two attached hydrogens (primary N) is 2. The Kier molecular flexibility index (Phi) is 5.27. The second-order valence-corrected chi connectivity index (χ2v) is 5.44. The van der Waals surface area contributed by atoms with E-state index in [9.17, 15) is 9.59 Å². The molecule has 23 heavy (non-hydrogen) atoms. The van der Waals surface area contributed by atoms with E-state index in [1.54, 1.807) is 11.9 Å². The zero-order valence-corrected chi connectivity index (χ0v) is 13.3. The second-order valence-electron chi connectivity index (χ2n) is 5.44. The van der Waals surface area contributed by atoms with E-state index in [1.807, 2.05) is 0 Å². The van der Waals surface area contributed by atoms with Crippen molar-refractivity contribution in [2.75, 3.05) is 33.2 Å². The largest absolute Gasteiger partial charge is 0.385 e. The summed E-state index contributed by atoms with van der Waals surface area (Å²) in [5.41, 5.74) is 11.4. The van der Waals surface area contributed by atoms with Gasteiger partial charge in [-0.3, -0.25) is 14.6 Å². The molecule has 0 radical (unpaired) electrons.